The van der Waals surface area contributed by atoms with Crippen LogP contribution in [0.2, 0.25) is 0 Å². The van der Waals surface area contributed by atoms with Crippen molar-refractivity contribution in [3.05, 3.63) is 59.9 Å². The van der Waals surface area contributed by atoms with E-state index >= 15 is 0 Å². The molecule has 0 aliphatic rings. The van der Waals surface area contributed by atoms with Gasteiger partial charge in [-0.25, -0.2) is 4.98 Å². The third-order valence-corrected chi connectivity index (χ3v) is 6.36. The highest BCUT2D eigenvalue weighted by Gasteiger charge is 2.23. The molecule has 194 valence electrons. The first kappa shape index (κ1) is 26.0. The van der Waals surface area contributed by atoms with Crippen LogP contribution in [0.1, 0.15) is 25.2 Å². The fourth-order valence-electron chi connectivity index (χ4n) is 4.35. The molecule has 4 N–H and O–H groups in total. The van der Waals surface area contributed by atoms with Gasteiger partial charge in [-0.3, -0.25) is 5.10 Å². The molecule has 0 atom stereocenters. The summed E-state index contributed by atoms with van der Waals surface area (Å²) in [5, 5.41) is 10.9. The largest absolute Gasteiger partial charge is 0.495 e. The van der Waals surface area contributed by atoms with Gasteiger partial charge in [0.25, 0.3) is 0 Å². The Bertz CT molecular complexity index is 1310. The summed E-state index contributed by atoms with van der Waals surface area (Å²) in [6.07, 6.45) is 0. The normalized spacial score (nSPS) is 11.1. The van der Waals surface area contributed by atoms with E-state index in [1.54, 1.807) is 7.11 Å². The van der Waals surface area contributed by atoms with Crippen molar-refractivity contribution >= 4 is 17.5 Å². The van der Waals surface area contributed by atoms with Crippen molar-refractivity contribution in [2.75, 3.05) is 44.4 Å². The first-order valence-corrected chi connectivity index (χ1v) is 12.5. The van der Waals surface area contributed by atoms with E-state index in [2.05, 4.69) is 44.2 Å². The quantitative estimate of drug-likeness (QED) is 0.257. The molecule has 0 fully saturated rings. The Morgan fingerprint density at radius 1 is 0.973 bits per heavy atom. The van der Waals surface area contributed by atoms with Crippen LogP contribution in [0.4, 0.5) is 17.5 Å². The van der Waals surface area contributed by atoms with Crippen molar-refractivity contribution < 1.29 is 9.47 Å². The molecule has 2 heterocycles. The first-order valence-electron chi connectivity index (χ1n) is 12.5. The van der Waals surface area contributed by atoms with Crippen molar-refractivity contribution in [1.29, 1.82) is 0 Å². The number of para-hydroxylation sites is 2. The number of nitrogen functional groups attached to an aromatic ring is 1. The van der Waals surface area contributed by atoms with Gasteiger partial charge in [0, 0.05) is 23.4 Å². The summed E-state index contributed by atoms with van der Waals surface area (Å²) in [5.74, 6) is 2.23. The maximum absolute atomic E-state index is 6.22. The lowest BCUT2D eigenvalue weighted by Crippen LogP contribution is -2.27. The zero-order chi connectivity index (χ0) is 26.4. The molecule has 9 nitrogen and oxygen atoms in total. The van der Waals surface area contributed by atoms with E-state index in [-0.39, 0.29) is 5.95 Å². The molecule has 0 unspecified atom stereocenters. The Hall–Kier alpha value is -4.11. The monoisotopic (exact) mass is 501 g/mol. The molecule has 9 heteroatoms. The Kier molecular flexibility index (Phi) is 8.25. The lowest BCUT2D eigenvalue weighted by Gasteiger charge is -2.19. The summed E-state index contributed by atoms with van der Waals surface area (Å²) < 4.78 is 11.5. The maximum atomic E-state index is 6.22. The second-order valence-electron chi connectivity index (χ2n) is 8.69. The highest BCUT2D eigenvalue weighted by Crippen LogP contribution is 2.41. The SMILES string of the molecule is CCN(CC)CCOc1ccc(-c2nc(N)nc(Nc3ccccc3OC)c2-c2c(C)n[nH]c2C)cc1. The van der Waals surface area contributed by atoms with E-state index < -0.39 is 0 Å². The van der Waals surface area contributed by atoms with Crippen molar-refractivity contribution in [1.82, 2.24) is 25.1 Å². The van der Waals surface area contributed by atoms with E-state index in [1.165, 1.54) is 0 Å². The molecule has 0 saturated carbocycles. The Balaban J connectivity index is 1.75. The van der Waals surface area contributed by atoms with Gasteiger partial charge in [0.15, 0.2) is 0 Å². The molecule has 37 heavy (non-hydrogen) atoms. The fourth-order valence-corrected chi connectivity index (χ4v) is 4.35. The van der Waals surface area contributed by atoms with Crippen LogP contribution in [0.3, 0.4) is 0 Å². The third-order valence-electron chi connectivity index (χ3n) is 6.36. The number of aromatic nitrogens is 4. The molecule has 0 aliphatic heterocycles. The highest BCUT2D eigenvalue weighted by molar-refractivity contribution is 5.92. The van der Waals surface area contributed by atoms with Crippen molar-refractivity contribution in [3.63, 3.8) is 0 Å². The number of aryl methyl sites for hydroxylation is 2. The van der Waals surface area contributed by atoms with Crippen molar-refractivity contribution in [2.24, 2.45) is 0 Å². The van der Waals surface area contributed by atoms with Crippen LogP contribution in [-0.2, 0) is 0 Å². The minimum absolute atomic E-state index is 0.162. The smallest absolute Gasteiger partial charge is 0.222 e. The molecule has 2 aromatic heterocycles. The van der Waals surface area contributed by atoms with Crippen LogP contribution in [0, 0.1) is 13.8 Å². The molecule has 0 saturated heterocycles. The third kappa shape index (κ3) is 5.83. The second kappa shape index (κ2) is 11.7. The fraction of sp³-hybridized carbons (Fsp3) is 0.321. The van der Waals surface area contributed by atoms with Gasteiger partial charge in [-0.15, -0.1) is 0 Å². The summed E-state index contributed by atoms with van der Waals surface area (Å²) >= 11 is 0. The summed E-state index contributed by atoms with van der Waals surface area (Å²) in [4.78, 5) is 11.6. The number of nitrogens with two attached hydrogens (primary N) is 1. The van der Waals surface area contributed by atoms with Crippen molar-refractivity contribution in [3.8, 4) is 33.9 Å². The topological polar surface area (TPSA) is 114 Å². The van der Waals surface area contributed by atoms with E-state index in [4.69, 9.17) is 15.2 Å². The molecular formula is C28H35N7O2. The minimum atomic E-state index is 0.162. The van der Waals surface area contributed by atoms with Gasteiger partial charge in [-0.2, -0.15) is 10.1 Å². The maximum Gasteiger partial charge on any atom is 0.222 e. The number of methoxy groups -OCH3 is 1. The molecular weight excluding hydrogens is 466 g/mol. The van der Waals surface area contributed by atoms with Gasteiger partial charge < -0.3 is 25.4 Å². The van der Waals surface area contributed by atoms with E-state index in [9.17, 15) is 0 Å². The van der Waals surface area contributed by atoms with Gasteiger partial charge in [0.1, 0.15) is 23.9 Å². The number of rotatable bonds is 11. The predicted molar refractivity (Wildman–Crippen MR) is 148 cm³/mol. The van der Waals surface area contributed by atoms with Crippen LogP contribution in [0.25, 0.3) is 22.4 Å². The first-order chi connectivity index (χ1) is 17.9. The van der Waals surface area contributed by atoms with E-state index in [1.807, 2.05) is 62.4 Å². The Morgan fingerprint density at radius 2 is 1.70 bits per heavy atom. The van der Waals surface area contributed by atoms with E-state index in [0.29, 0.717) is 23.9 Å². The van der Waals surface area contributed by atoms with Crippen LogP contribution in [-0.4, -0.2) is 58.4 Å². The molecule has 0 amide bonds. The molecule has 2 aromatic carbocycles. The Morgan fingerprint density at radius 3 is 2.35 bits per heavy atom. The lowest BCUT2D eigenvalue weighted by atomic mass is 9.98. The minimum Gasteiger partial charge on any atom is -0.495 e. The summed E-state index contributed by atoms with van der Waals surface area (Å²) in [7, 11) is 1.64. The van der Waals surface area contributed by atoms with Crippen LogP contribution < -0.4 is 20.5 Å². The highest BCUT2D eigenvalue weighted by atomic mass is 16.5. The summed E-state index contributed by atoms with van der Waals surface area (Å²) in [6.45, 7) is 11.8. The number of benzene rings is 2. The number of hydrogen-bond acceptors (Lipinski definition) is 8. The zero-order valence-electron chi connectivity index (χ0n) is 22.1. The summed E-state index contributed by atoms with van der Waals surface area (Å²) in [5.41, 5.74) is 12.1. The second-order valence-corrected chi connectivity index (χ2v) is 8.69. The van der Waals surface area contributed by atoms with Crippen LogP contribution >= 0.6 is 0 Å². The molecule has 0 aliphatic carbocycles. The number of likely N-dealkylation sites (N-methyl/N-ethyl adjacent to an activating group) is 1. The zero-order valence-corrected chi connectivity index (χ0v) is 22.1. The van der Waals surface area contributed by atoms with Crippen LogP contribution in [0.5, 0.6) is 11.5 Å². The molecule has 0 spiro atoms. The number of ether oxygens (including phenoxy) is 2. The number of anilines is 3. The van der Waals surface area contributed by atoms with Gasteiger partial charge >= 0.3 is 0 Å². The molecule has 0 radical (unpaired) electrons. The average Bonchev–Trinajstić information content (AvgIpc) is 3.24. The van der Waals surface area contributed by atoms with Gasteiger partial charge in [-0.1, -0.05) is 26.0 Å². The van der Waals surface area contributed by atoms with E-state index in [0.717, 1.165) is 59.1 Å². The molecule has 4 rings (SSSR count). The predicted octanol–water partition coefficient (Wildman–Crippen LogP) is 5.21. The van der Waals surface area contributed by atoms with Crippen LogP contribution in [0.15, 0.2) is 48.5 Å². The lowest BCUT2D eigenvalue weighted by molar-refractivity contribution is 0.223. The number of nitrogens with zero attached hydrogens (tertiary/aromatic N) is 4. The standard InChI is InChI=1S/C28H35N7O2/c1-6-35(7-2)16-17-37-21-14-12-20(13-15-21)26-25(24-18(3)33-34-19(24)4)27(32-28(29)31-26)30-22-10-8-9-11-23(22)36-5/h8-15H,6-7,16-17H2,1-5H3,(H,33,34)(H3,29,30,31,32). The average molecular weight is 502 g/mol. The van der Waals surface area contributed by atoms with Gasteiger partial charge in [-0.05, 0) is 63.3 Å². The van der Waals surface area contributed by atoms with Crippen molar-refractivity contribution in [2.45, 2.75) is 27.7 Å². The summed E-state index contributed by atoms with van der Waals surface area (Å²) in [6, 6.07) is 15.6. The Labute approximate surface area is 218 Å². The van der Waals surface area contributed by atoms with Gasteiger partial charge in [0.2, 0.25) is 5.95 Å². The van der Waals surface area contributed by atoms with Gasteiger partial charge in [0.05, 0.1) is 29.7 Å². The number of aromatic amines is 1. The number of H-pyrrole nitrogens is 1. The number of nitrogens with one attached hydrogen (secondary N) is 2. The molecule has 0 bridgehead atoms. The number of hydrogen-bond donors (Lipinski definition) is 3. The molecule has 4 aromatic rings.